The normalized spacial score (nSPS) is 12.3. The van der Waals surface area contributed by atoms with Crippen LogP contribution in [0, 0.1) is 17.8 Å². The summed E-state index contributed by atoms with van der Waals surface area (Å²) >= 11 is 1.65. The van der Waals surface area contributed by atoms with Gasteiger partial charge in [-0.2, -0.15) is 0 Å². The molecular formula is C10H13NS. The number of rotatable bonds is 1. The quantitative estimate of drug-likeness (QED) is 0.656. The molecule has 0 aliphatic heterocycles. The molecular weight excluding hydrogens is 166 g/mol. The fourth-order valence-electron chi connectivity index (χ4n) is 0.671. The average molecular weight is 179 g/mol. The molecule has 1 aromatic rings. The van der Waals surface area contributed by atoms with Gasteiger partial charge in [-0.1, -0.05) is 31.8 Å². The average Bonchev–Trinajstić information content (AvgIpc) is 2.51. The van der Waals surface area contributed by atoms with Gasteiger partial charge in [0, 0.05) is 0 Å². The standard InChI is InChI=1S/C10H13NS/c1-8(2)10(11)6-5-9-4-3-7-12-9/h3-4,7-8,10H,11H2,1-2H3. The first kappa shape index (κ1) is 9.31. The lowest BCUT2D eigenvalue weighted by Crippen LogP contribution is -2.23. The van der Waals surface area contributed by atoms with Crippen LogP contribution in [0.5, 0.6) is 0 Å². The van der Waals surface area contributed by atoms with Crippen LogP contribution in [0.4, 0.5) is 0 Å². The zero-order chi connectivity index (χ0) is 8.97. The molecule has 0 spiro atoms. The Morgan fingerprint density at radius 3 is 2.75 bits per heavy atom. The fourth-order valence-corrected chi connectivity index (χ4v) is 1.25. The van der Waals surface area contributed by atoms with E-state index in [4.69, 9.17) is 5.73 Å². The summed E-state index contributed by atoms with van der Waals surface area (Å²) in [7, 11) is 0. The summed E-state index contributed by atoms with van der Waals surface area (Å²) < 4.78 is 0. The minimum atomic E-state index is -0.00731. The van der Waals surface area contributed by atoms with Crippen molar-refractivity contribution in [1.82, 2.24) is 0 Å². The molecule has 1 aromatic heterocycles. The van der Waals surface area contributed by atoms with E-state index >= 15 is 0 Å². The monoisotopic (exact) mass is 179 g/mol. The largest absolute Gasteiger partial charge is 0.317 e. The van der Waals surface area contributed by atoms with Crippen LogP contribution in [0.15, 0.2) is 17.5 Å². The lowest BCUT2D eigenvalue weighted by atomic mass is 10.1. The Bertz CT molecular complexity index is 277. The van der Waals surface area contributed by atoms with Crippen molar-refractivity contribution >= 4 is 11.3 Å². The van der Waals surface area contributed by atoms with Crippen molar-refractivity contribution in [2.24, 2.45) is 11.7 Å². The highest BCUT2D eigenvalue weighted by Gasteiger charge is 2.01. The summed E-state index contributed by atoms with van der Waals surface area (Å²) in [5.74, 6) is 6.50. The number of hydrogen-bond acceptors (Lipinski definition) is 2. The molecule has 0 saturated heterocycles. The van der Waals surface area contributed by atoms with E-state index in [9.17, 15) is 0 Å². The Morgan fingerprint density at radius 1 is 1.50 bits per heavy atom. The van der Waals surface area contributed by atoms with E-state index in [1.165, 1.54) is 0 Å². The first-order chi connectivity index (χ1) is 5.70. The number of nitrogens with two attached hydrogens (primary N) is 1. The van der Waals surface area contributed by atoms with Crippen molar-refractivity contribution in [3.8, 4) is 11.8 Å². The van der Waals surface area contributed by atoms with Crippen LogP contribution >= 0.6 is 11.3 Å². The van der Waals surface area contributed by atoms with Crippen LogP contribution in [0.25, 0.3) is 0 Å². The molecule has 0 aliphatic rings. The molecule has 0 bridgehead atoms. The molecule has 0 aromatic carbocycles. The predicted octanol–water partition coefficient (Wildman–Crippen LogP) is 2.08. The summed E-state index contributed by atoms with van der Waals surface area (Å²) in [4.78, 5) is 1.09. The minimum absolute atomic E-state index is 0.00731. The first-order valence-electron chi connectivity index (χ1n) is 4.01. The highest BCUT2D eigenvalue weighted by molar-refractivity contribution is 7.10. The minimum Gasteiger partial charge on any atom is -0.317 e. The zero-order valence-electron chi connectivity index (χ0n) is 7.37. The third-order valence-corrected chi connectivity index (χ3v) is 2.39. The van der Waals surface area contributed by atoms with Gasteiger partial charge in [0.2, 0.25) is 0 Å². The molecule has 1 rings (SSSR count). The van der Waals surface area contributed by atoms with E-state index in [0.717, 1.165) is 4.88 Å². The van der Waals surface area contributed by atoms with Crippen LogP contribution in [-0.2, 0) is 0 Å². The van der Waals surface area contributed by atoms with E-state index < -0.39 is 0 Å². The predicted molar refractivity (Wildman–Crippen MR) is 54.0 cm³/mol. The Morgan fingerprint density at radius 2 is 2.25 bits per heavy atom. The van der Waals surface area contributed by atoms with Crippen molar-refractivity contribution in [3.63, 3.8) is 0 Å². The Hall–Kier alpha value is -0.780. The molecule has 0 aliphatic carbocycles. The van der Waals surface area contributed by atoms with Gasteiger partial charge in [-0.25, -0.2) is 0 Å². The van der Waals surface area contributed by atoms with Crippen molar-refractivity contribution < 1.29 is 0 Å². The highest BCUT2D eigenvalue weighted by atomic mass is 32.1. The summed E-state index contributed by atoms with van der Waals surface area (Å²) in [6.07, 6.45) is 0. The molecule has 0 fully saturated rings. The van der Waals surface area contributed by atoms with E-state index in [2.05, 4.69) is 25.7 Å². The molecule has 0 amide bonds. The van der Waals surface area contributed by atoms with Gasteiger partial charge in [0.15, 0.2) is 0 Å². The summed E-state index contributed by atoms with van der Waals surface area (Å²) in [6, 6.07) is 3.99. The second kappa shape index (κ2) is 4.30. The van der Waals surface area contributed by atoms with Gasteiger partial charge in [0.25, 0.3) is 0 Å². The lowest BCUT2D eigenvalue weighted by molar-refractivity contribution is 0.584. The maximum Gasteiger partial charge on any atom is 0.0768 e. The first-order valence-corrected chi connectivity index (χ1v) is 4.88. The molecule has 2 N–H and O–H groups in total. The van der Waals surface area contributed by atoms with Crippen molar-refractivity contribution in [2.45, 2.75) is 19.9 Å². The van der Waals surface area contributed by atoms with Crippen LogP contribution < -0.4 is 5.73 Å². The maximum atomic E-state index is 5.76. The summed E-state index contributed by atoms with van der Waals surface area (Å²) in [5.41, 5.74) is 5.76. The third-order valence-electron chi connectivity index (χ3n) is 1.60. The Balaban J connectivity index is 2.60. The summed E-state index contributed by atoms with van der Waals surface area (Å²) in [6.45, 7) is 4.15. The van der Waals surface area contributed by atoms with Gasteiger partial charge in [0.1, 0.15) is 0 Å². The fraction of sp³-hybridized carbons (Fsp3) is 0.400. The van der Waals surface area contributed by atoms with E-state index in [0.29, 0.717) is 5.92 Å². The molecule has 1 heterocycles. The molecule has 2 heteroatoms. The second-order valence-electron chi connectivity index (χ2n) is 3.02. The number of hydrogen-bond donors (Lipinski definition) is 1. The van der Waals surface area contributed by atoms with E-state index in [1.54, 1.807) is 11.3 Å². The SMILES string of the molecule is CC(C)C(N)C#Cc1cccs1. The van der Waals surface area contributed by atoms with E-state index in [1.807, 2.05) is 17.5 Å². The van der Waals surface area contributed by atoms with Crippen LogP contribution in [-0.4, -0.2) is 6.04 Å². The molecule has 12 heavy (non-hydrogen) atoms. The van der Waals surface area contributed by atoms with Gasteiger partial charge in [-0.05, 0) is 17.4 Å². The maximum absolute atomic E-state index is 5.76. The topological polar surface area (TPSA) is 26.0 Å². The van der Waals surface area contributed by atoms with Crippen molar-refractivity contribution in [2.75, 3.05) is 0 Å². The molecule has 64 valence electrons. The Kier molecular flexibility index (Phi) is 3.33. The van der Waals surface area contributed by atoms with Gasteiger partial charge in [-0.15, -0.1) is 11.3 Å². The van der Waals surface area contributed by atoms with Crippen molar-refractivity contribution in [3.05, 3.63) is 22.4 Å². The smallest absolute Gasteiger partial charge is 0.0768 e. The molecule has 1 atom stereocenters. The van der Waals surface area contributed by atoms with Crippen LogP contribution in [0.2, 0.25) is 0 Å². The third kappa shape index (κ3) is 2.69. The molecule has 0 saturated carbocycles. The van der Waals surface area contributed by atoms with Crippen molar-refractivity contribution in [1.29, 1.82) is 0 Å². The Labute approximate surface area is 77.6 Å². The van der Waals surface area contributed by atoms with Gasteiger partial charge >= 0.3 is 0 Å². The lowest BCUT2D eigenvalue weighted by Gasteiger charge is -2.06. The van der Waals surface area contributed by atoms with Crippen LogP contribution in [0.1, 0.15) is 18.7 Å². The molecule has 1 nitrogen and oxygen atoms in total. The van der Waals surface area contributed by atoms with Gasteiger partial charge < -0.3 is 5.73 Å². The second-order valence-corrected chi connectivity index (χ2v) is 3.96. The molecule has 1 unspecified atom stereocenters. The zero-order valence-corrected chi connectivity index (χ0v) is 8.19. The van der Waals surface area contributed by atoms with Crippen LogP contribution in [0.3, 0.4) is 0 Å². The summed E-state index contributed by atoms with van der Waals surface area (Å²) in [5, 5.41) is 2.02. The van der Waals surface area contributed by atoms with E-state index in [-0.39, 0.29) is 6.04 Å². The highest BCUT2D eigenvalue weighted by Crippen LogP contribution is 2.06. The van der Waals surface area contributed by atoms with Gasteiger partial charge in [0.05, 0.1) is 10.9 Å². The van der Waals surface area contributed by atoms with Gasteiger partial charge in [-0.3, -0.25) is 0 Å². The number of thiophene rings is 1. The molecule has 0 radical (unpaired) electrons.